The van der Waals surface area contributed by atoms with E-state index in [2.05, 4.69) is 4.72 Å². The van der Waals surface area contributed by atoms with E-state index in [-0.39, 0.29) is 10.8 Å². The van der Waals surface area contributed by atoms with Crippen molar-refractivity contribution in [1.82, 2.24) is 0 Å². The Bertz CT molecular complexity index is 988. The molecule has 0 radical (unpaired) electrons. The monoisotopic (exact) mass is 404 g/mol. The predicted octanol–water partition coefficient (Wildman–Crippen LogP) is 3.33. The van der Waals surface area contributed by atoms with Crippen molar-refractivity contribution in [3.05, 3.63) is 42.0 Å². The molecule has 0 atom stereocenters. The zero-order valence-corrected chi connectivity index (χ0v) is 17.0. The number of carbonyl (C=O) groups excluding carboxylic acids is 1. The molecule has 1 saturated heterocycles. The van der Waals surface area contributed by atoms with Gasteiger partial charge in [-0.3, -0.25) is 9.52 Å². The van der Waals surface area contributed by atoms with Crippen LogP contribution < -0.4 is 19.1 Å². The number of methoxy groups -OCH3 is 2. The van der Waals surface area contributed by atoms with Crippen LogP contribution in [-0.2, 0) is 14.8 Å². The van der Waals surface area contributed by atoms with E-state index in [4.69, 9.17) is 9.47 Å². The number of hydrogen-bond donors (Lipinski definition) is 1. The average molecular weight is 404 g/mol. The highest BCUT2D eigenvalue weighted by Crippen LogP contribution is 2.32. The van der Waals surface area contributed by atoms with Crippen LogP contribution in [0, 0.1) is 6.92 Å². The average Bonchev–Trinajstić information content (AvgIpc) is 2.69. The number of nitrogens with zero attached hydrogens (tertiary/aromatic N) is 1. The van der Waals surface area contributed by atoms with Crippen LogP contribution in [0.5, 0.6) is 11.5 Å². The predicted molar refractivity (Wildman–Crippen MR) is 108 cm³/mol. The Morgan fingerprint density at radius 2 is 1.75 bits per heavy atom. The van der Waals surface area contributed by atoms with Crippen LogP contribution >= 0.6 is 0 Å². The Kier molecular flexibility index (Phi) is 5.79. The SMILES string of the molecule is COc1ccc(S(=O)(=O)Nc2ccc(C)c(N3CCCCC3=O)c2)cc1OC. The highest BCUT2D eigenvalue weighted by atomic mass is 32.2. The van der Waals surface area contributed by atoms with Gasteiger partial charge in [-0.2, -0.15) is 0 Å². The van der Waals surface area contributed by atoms with Gasteiger partial charge in [0.15, 0.2) is 11.5 Å². The van der Waals surface area contributed by atoms with Gasteiger partial charge in [-0.1, -0.05) is 6.07 Å². The summed E-state index contributed by atoms with van der Waals surface area (Å²) in [6, 6.07) is 9.60. The van der Waals surface area contributed by atoms with Gasteiger partial charge in [0.25, 0.3) is 10.0 Å². The van der Waals surface area contributed by atoms with Crippen LogP contribution in [0.2, 0.25) is 0 Å². The number of rotatable bonds is 6. The first-order valence-electron chi connectivity index (χ1n) is 9.01. The van der Waals surface area contributed by atoms with Gasteiger partial charge in [-0.15, -0.1) is 0 Å². The number of carbonyl (C=O) groups is 1. The van der Waals surface area contributed by atoms with Crippen LogP contribution in [0.1, 0.15) is 24.8 Å². The molecule has 0 aromatic heterocycles. The van der Waals surface area contributed by atoms with E-state index in [9.17, 15) is 13.2 Å². The fraction of sp³-hybridized carbons (Fsp3) is 0.350. The van der Waals surface area contributed by atoms with Crippen molar-refractivity contribution < 1.29 is 22.7 Å². The number of ether oxygens (including phenoxy) is 2. The minimum atomic E-state index is -3.83. The lowest BCUT2D eigenvalue weighted by atomic mass is 10.1. The molecule has 1 N–H and O–H groups in total. The highest BCUT2D eigenvalue weighted by molar-refractivity contribution is 7.92. The van der Waals surface area contributed by atoms with Gasteiger partial charge < -0.3 is 14.4 Å². The smallest absolute Gasteiger partial charge is 0.262 e. The van der Waals surface area contributed by atoms with Gasteiger partial charge >= 0.3 is 0 Å². The lowest BCUT2D eigenvalue weighted by Gasteiger charge is -2.28. The molecule has 0 unspecified atom stereocenters. The molecule has 0 bridgehead atoms. The quantitative estimate of drug-likeness (QED) is 0.798. The summed E-state index contributed by atoms with van der Waals surface area (Å²) in [7, 11) is -0.900. The molecule has 7 nitrogen and oxygen atoms in total. The first kappa shape index (κ1) is 20.0. The maximum absolute atomic E-state index is 12.8. The summed E-state index contributed by atoms with van der Waals surface area (Å²) < 4.78 is 38.6. The van der Waals surface area contributed by atoms with Gasteiger partial charge in [-0.05, 0) is 49.6 Å². The maximum Gasteiger partial charge on any atom is 0.262 e. The van der Waals surface area contributed by atoms with E-state index in [1.807, 2.05) is 13.0 Å². The summed E-state index contributed by atoms with van der Waals surface area (Å²) in [5.41, 5.74) is 2.05. The molecule has 1 aliphatic heterocycles. The fourth-order valence-electron chi connectivity index (χ4n) is 3.22. The molecule has 28 heavy (non-hydrogen) atoms. The maximum atomic E-state index is 12.8. The third kappa shape index (κ3) is 4.06. The van der Waals surface area contributed by atoms with Gasteiger partial charge in [0.1, 0.15) is 0 Å². The zero-order valence-electron chi connectivity index (χ0n) is 16.2. The summed E-state index contributed by atoms with van der Waals surface area (Å²) in [5, 5.41) is 0. The van der Waals surface area contributed by atoms with Crippen molar-refractivity contribution in [3.8, 4) is 11.5 Å². The number of piperidine rings is 1. The molecule has 3 rings (SSSR count). The number of aryl methyl sites for hydroxylation is 1. The van der Waals surface area contributed by atoms with E-state index in [1.54, 1.807) is 23.1 Å². The van der Waals surface area contributed by atoms with E-state index in [0.29, 0.717) is 30.2 Å². The minimum absolute atomic E-state index is 0.0568. The number of hydrogen-bond acceptors (Lipinski definition) is 5. The third-order valence-electron chi connectivity index (χ3n) is 4.74. The summed E-state index contributed by atoms with van der Waals surface area (Å²) in [4.78, 5) is 14.0. The van der Waals surface area contributed by atoms with Gasteiger partial charge in [-0.25, -0.2) is 8.42 Å². The fourth-order valence-corrected chi connectivity index (χ4v) is 4.29. The molecule has 8 heteroatoms. The van der Waals surface area contributed by atoms with Crippen molar-refractivity contribution in [3.63, 3.8) is 0 Å². The second kappa shape index (κ2) is 8.10. The normalized spacial score (nSPS) is 14.7. The second-order valence-corrected chi connectivity index (χ2v) is 8.31. The minimum Gasteiger partial charge on any atom is -0.493 e. The van der Waals surface area contributed by atoms with E-state index in [0.717, 1.165) is 24.1 Å². The molecule has 0 saturated carbocycles. The van der Waals surface area contributed by atoms with Crippen LogP contribution in [0.4, 0.5) is 11.4 Å². The standard InChI is InChI=1S/C20H24N2O5S/c1-14-7-8-15(12-17(14)22-11-5-4-6-20(22)23)21-28(24,25)16-9-10-18(26-2)19(13-16)27-3/h7-10,12-13,21H,4-6,11H2,1-3H3. The topological polar surface area (TPSA) is 84.9 Å². The number of nitrogens with one attached hydrogen (secondary N) is 1. The molecule has 2 aromatic carbocycles. The lowest BCUT2D eigenvalue weighted by molar-refractivity contribution is -0.119. The van der Waals surface area contributed by atoms with Crippen molar-refractivity contribution >= 4 is 27.3 Å². The Labute approximate surface area is 165 Å². The zero-order chi connectivity index (χ0) is 20.3. The van der Waals surface area contributed by atoms with Crippen LogP contribution in [0.25, 0.3) is 0 Å². The largest absolute Gasteiger partial charge is 0.493 e. The van der Waals surface area contributed by atoms with Gasteiger partial charge in [0, 0.05) is 24.7 Å². The Hall–Kier alpha value is -2.74. The van der Waals surface area contributed by atoms with E-state index < -0.39 is 10.0 Å². The number of benzene rings is 2. The van der Waals surface area contributed by atoms with Crippen molar-refractivity contribution in [1.29, 1.82) is 0 Å². The molecule has 1 fully saturated rings. The molecular formula is C20H24N2O5S. The molecule has 1 heterocycles. The Morgan fingerprint density at radius 3 is 2.43 bits per heavy atom. The second-order valence-electron chi connectivity index (χ2n) is 6.63. The molecule has 1 aliphatic rings. The third-order valence-corrected chi connectivity index (χ3v) is 6.12. The van der Waals surface area contributed by atoms with Crippen molar-refractivity contribution in [2.24, 2.45) is 0 Å². The van der Waals surface area contributed by atoms with E-state index >= 15 is 0 Å². The molecule has 150 valence electrons. The van der Waals surface area contributed by atoms with Crippen LogP contribution in [0.3, 0.4) is 0 Å². The summed E-state index contributed by atoms with van der Waals surface area (Å²) >= 11 is 0. The lowest BCUT2D eigenvalue weighted by Crippen LogP contribution is -2.35. The number of anilines is 2. The molecule has 1 amide bonds. The molecule has 0 aliphatic carbocycles. The first-order valence-corrected chi connectivity index (χ1v) is 10.5. The van der Waals surface area contributed by atoms with Crippen molar-refractivity contribution in [2.75, 3.05) is 30.4 Å². The molecular weight excluding hydrogens is 380 g/mol. The van der Waals surface area contributed by atoms with E-state index in [1.165, 1.54) is 26.4 Å². The highest BCUT2D eigenvalue weighted by Gasteiger charge is 2.22. The molecule has 0 spiro atoms. The van der Waals surface area contributed by atoms with Gasteiger partial charge in [0.2, 0.25) is 5.91 Å². The Morgan fingerprint density at radius 1 is 1.00 bits per heavy atom. The first-order chi connectivity index (χ1) is 13.4. The van der Waals surface area contributed by atoms with Gasteiger partial charge in [0.05, 0.1) is 24.8 Å². The summed E-state index contributed by atoms with van der Waals surface area (Å²) in [6.45, 7) is 2.55. The number of sulfonamides is 1. The summed E-state index contributed by atoms with van der Waals surface area (Å²) in [6.07, 6.45) is 2.34. The van der Waals surface area contributed by atoms with Crippen LogP contribution in [-0.4, -0.2) is 35.1 Å². The number of amides is 1. The molecule has 2 aromatic rings. The Balaban J connectivity index is 1.90. The summed E-state index contributed by atoms with van der Waals surface area (Å²) in [5.74, 6) is 0.839. The van der Waals surface area contributed by atoms with Crippen LogP contribution in [0.15, 0.2) is 41.3 Å². The van der Waals surface area contributed by atoms with Crippen molar-refractivity contribution in [2.45, 2.75) is 31.1 Å².